The Morgan fingerprint density at radius 3 is 2.89 bits per heavy atom. The van der Waals surface area contributed by atoms with Gasteiger partial charge < -0.3 is 10.5 Å². The van der Waals surface area contributed by atoms with Gasteiger partial charge >= 0.3 is 0 Å². The van der Waals surface area contributed by atoms with E-state index in [-0.39, 0.29) is 36.1 Å². The van der Waals surface area contributed by atoms with Crippen molar-refractivity contribution in [3.63, 3.8) is 0 Å². The van der Waals surface area contributed by atoms with E-state index in [4.69, 9.17) is 15.7 Å². The molecule has 1 aromatic carbocycles. The molecule has 1 aliphatic heterocycles. The smallest absolute Gasteiger partial charge is 0.283 e. The summed E-state index contributed by atoms with van der Waals surface area (Å²) in [5, 5.41) is 8.78. The minimum atomic E-state index is -1.59. The van der Waals surface area contributed by atoms with Crippen LogP contribution in [0.2, 0.25) is 0 Å². The first-order valence-electron chi connectivity index (χ1n) is 8.14. The normalized spacial score (nSPS) is 21.7. The Morgan fingerprint density at radius 1 is 1.44 bits per heavy atom. The summed E-state index contributed by atoms with van der Waals surface area (Å²) < 4.78 is 33.7. The summed E-state index contributed by atoms with van der Waals surface area (Å²) in [6.07, 6.45) is -0.350. The fourth-order valence-electron chi connectivity index (χ4n) is 2.85. The molecule has 0 aliphatic carbocycles. The molecule has 27 heavy (non-hydrogen) atoms. The zero-order valence-electron chi connectivity index (χ0n) is 14.4. The Balaban J connectivity index is 1.90. The van der Waals surface area contributed by atoms with Gasteiger partial charge in [0.05, 0.1) is 5.56 Å². The number of benzene rings is 1. The summed E-state index contributed by atoms with van der Waals surface area (Å²) in [6.45, 7) is 1.10. The van der Waals surface area contributed by atoms with Crippen molar-refractivity contribution >= 4 is 11.8 Å². The summed E-state index contributed by atoms with van der Waals surface area (Å²) in [4.78, 5) is 20.3. The number of carbonyl (C=O) groups is 1. The van der Waals surface area contributed by atoms with Crippen LogP contribution in [-0.2, 0) is 16.7 Å². The van der Waals surface area contributed by atoms with Crippen molar-refractivity contribution < 1.29 is 18.3 Å². The molecule has 0 fully saturated rings. The highest BCUT2D eigenvalue weighted by atomic mass is 19.1. The number of ether oxygens (including phenoxy) is 1. The maximum atomic E-state index is 14.4. The average molecular weight is 370 g/mol. The van der Waals surface area contributed by atoms with Gasteiger partial charge in [0.15, 0.2) is 12.0 Å². The molecule has 0 saturated carbocycles. The number of aromatic nitrogens is 1. The van der Waals surface area contributed by atoms with E-state index in [2.05, 4.69) is 9.98 Å². The molecule has 0 amide bonds. The topological polar surface area (TPSA) is 101 Å². The molecular weight excluding hydrogens is 354 g/mol. The molecule has 6 nitrogen and oxygen atoms in total. The molecule has 8 heteroatoms. The van der Waals surface area contributed by atoms with E-state index in [0.29, 0.717) is 11.1 Å². The first kappa shape index (κ1) is 18.5. The van der Waals surface area contributed by atoms with Crippen molar-refractivity contribution in [1.82, 2.24) is 4.98 Å². The molecule has 2 N–H and O–H groups in total. The highest BCUT2D eigenvalue weighted by Crippen LogP contribution is 2.36. The molecule has 3 rings (SSSR count). The Kier molecular flexibility index (Phi) is 4.86. The second-order valence-corrected chi connectivity index (χ2v) is 6.33. The van der Waals surface area contributed by atoms with Gasteiger partial charge in [0, 0.05) is 18.2 Å². The molecule has 138 valence electrons. The van der Waals surface area contributed by atoms with E-state index in [9.17, 15) is 13.6 Å². The molecule has 1 aromatic heterocycles. The highest BCUT2D eigenvalue weighted by Gasteiger charge is 2.42. The van der Waals surface area contributed by atoms with Crippen molar-refractivity contribution in [3.05, 3.63) is 64.7 Å². The van der Waals surface area contributed by atoms with Gasteiger partial charge in [-0.3, -0.25) is 9.78 Å². The summed E-state index contributed by atoms with van der Waals surface area (Å²) in [6, 6.07) is 8.68. The number of pyridine rings is 1. The molecule has 0 unspecified atom stereocenters. The lowest BCUT2D eigenvalue weighted by Crippen LogP contribution is -2.43. The zero-order chi connectivity index (χ0) is 19.6. The van der Waals surface area contributed by atoms with E-state index in [0.717, 1.165) is 0 Å². The number of amidine groups is 1. The van der Waals surface area contributed by atoms with E-state index >= 15 is 0 Å². The first-order valence-corrected chi connectivity index (χ1v) is 8.14. The van der Waals surface area contributed by atoms with Gasteiger partial charge in [0.2, 0.25) is 0 Å². The first-order chi connectivity index (χ1) is 12.8. The molecule has 0 bridgehead atoms. The van der Waals surface area contributed by atoms with Gasteiger partial charge in [-0.05, 0) is 36.8 Å². The molecule has 0 radical (unpaired) electrons. The van der Waals surface area contributed by atoms with Crippen molar-refractivity contribution in [2.24, 2.45) is 10.7 Å². The van der Waals surface area contributed by atoms with Crippen LogP contribution in [0, 0.1) is 17.1 Å². The Hall–Kier alpha value is -3.34. The molecule has 2 heterocycles. The van der Waals surface area contributed by atoms with Crippen LogP contribution >= 0.6 is 0 Å². The number of nitrogens with zero attached hydrogens (tertiary/aromatic N) is 3. The number of hydrogen-bond donors (Lipinski definition) is 1. The maximum absolute atomic E-state index is 14.4. The third-order valence-corrected chi connectivity index (χ3v) is 4.45. The predicted molar refractivity (Wildman–Crippen MR) is 93.2 cm³/mol. The van der Waals surface area contributed by atoms with E-state index in [1.54, 1.807) is 0 Å². The summed E-state index contributed by atoms with van der Waals surface area (Å²) in [7, 11) is 0. The summed E-state index contributed by atoms with van der Waals surface area (Å²) >= 11 is 0. The van der Waals surface area contributed by atoms with Crippen LogP contribution < -0.4 is 5.73 Å². The zero-order valence-corrected chi connectivity index (χ0v) is 14.4. The number of Topliss-reactive ketones (excluding diaryl/α,β-unsaturated/α-hetero) is 1. The quantitative estimate of drug-likeness (QED) is 0.833. The molecule has 1 aliphatic rings. The van der Waals surface area contributed by atoms with Crippen molar-refractivity contribution in [2.45, 2.75) is 25.1 Å². The van der Waals surface area contributed by atoms with Gasteiger partial charge in [-0.25, -0.2) is 13.8 Å². The maximum Gasteiger partial charge on any atom is 0.283 e. The lowest BCUT2D eigenvalue weighted by Gasteiger charge is -2.33. The second-order valence-electron chi connectivity index (χ2n) is 6.33. The van der Waals surface area contributed by atoms with Crippen LogP contribution in [0.15, 0.2) is 41.5 Å². The molecule has 0 saturated heterocycles. The van der Waals surface area contributed by atoms with Crippen LogP contribution in [0.25, 0.3) is 0 Å². The number of alkyl halides is 1. The number of hydrogen-bond acceptors (Lipinski definition) is 6. The predicted octanol–water partition coefficient (Wildman–Crippen LogP) is 2.42. The number of carbonyl (C=O) groups excluding carboxylic acids is 1. The number of aliphatic imine (C=N–C) groups is 1. The number of nitrogens with two attached hydrogens (primary N) is 1. The van der Waals surface area contributed by atoms with Gasteiger partial charge in [-0.2, -0.15) is 5.26 Å². The van der Waals surface area contributed by atoms with Crippen LogP contribution in [0.3, 0.4) is 0 Å². The van der Waals surface area contributed by atoms with Crippen molar-refractivity contribution in [3.8, 4) is 6.07 Å². The average Bonchev–Trinajstić information content (AvgIpc) is 2.66. The Bertz CT molecular complexity index is 953. The number of ketones is 1. The Labute approximate surface area is 154 Å². The fourth-order valence-corrected chi connectivity index (χ4v) is 2.85. The third kappa shape index (κ3) is 3.62. The standard InChI is InChI=1S/C19H16F2N4O2/c1-19(17(21)10-27-18(23)25-19)13-6-11(2-4-14(13)20)7-16(26)15-5-3-12(8-22)9-24-15/h2-6,9,17H,7,10H2,1H3,(H2,23,25)/t17-,19-/m1/s1. The van der Waals surface area contributed by atoms with Crippen LogP contribution in [0.1, 0.15) is 34.1 Å². The van der Waals surface area contributed by atoms with Crippen molar-refractivity contribution in [1.29, 1.82) is 5.26 Å². The monoisotopic (exact) mass is 370 g/mol. The van der Waals surface area contributed by atoms with E-state index in [1.165, 1.54) is 43.5 Å². The van der Waals surface area contributed by atoms with Crippen molar-refractivity contribution in [2.75, 3.05) is 6.61 Å². The van der Waals surface area contributed by atoms with Gasteiger partial charge in [0.1, 0.15) is 29.7 Å². The van der Waals surface area contributed by atoms with E-state index in [1.807, 2.05) is 6.07 Å². The van der Waals surface area contributed by atoms with Gasteiger partial charge in [0.25, 0.3) is 6.02 Å². The molecule has 2 aromatic rings. The lowest BCUT2D eigenvalue weighted by atomic mass is 9.85. The summed E-state index contributed by atoms with van der Waals surface area (Å²) in [5.74, 6) is -0.958. The fraction of sp³-hybridized carbons (Fsp3) is 0.263. The number of rotatable bonds is 4. The van der Waals surface area contributed by atoms with Gasteiger partial charge in [-0.15, -0.1) is 0 Å². The lowest BCUT2D eigenvalue weighted by molar-refractivity contribution is 0.0921. The number of nitriles is 1. The second kappa shape index (κ2) is 7.11. The molecular formula is C19H16F2N4O2. The molecule has 0 spiro atoms. The number of halogens is 2. The largest absolute Gasteiger partial charge is 0.462 e. The van der Waals surface area contributed by atoms with Crippen LogP contribution in [0.4, 0.5) is 8.78 Å². The summed E-state index contributed by atoms with van der Waals surface area (Å²) in [5.41, 5.74) is 4.99. The Morgan fingerprint density at radius 2 is 2.22 bits per heavy atom. The molecule has 2 atom stereocenters. The minimum absolute atomic E-state index is 0.000613. The highest BCUT2D eigenvalue weighted by molar-refractivity contribution is 5.95. The minimum Gasteiger partial charge on any atom is -0.462 e. The third-order valence-electron chi connectivity index (χ3n) is 4.45. The van der Waals surface area contributed by atoms with Crippen LogP contribution in [0.5, 0.6) is 0 Å². The SMILES string of the molecule is C[C@]1(c2cc(CC(=O)c3ccc(C#N)cn3)ccc2F)N=C(N)OC[C@H]1F. The van der Waals surface area contributed by atoms with Gasteiger partial charge in [-0.1, -0.05) is 6.07 Å². The van der Waals surface area contributed by atoms with Crippen LogP contribution in [-0.4, -0.2) is 29.6 Å². The van der Waals surface area contributed by atoms with E-state index < -0.39 is 17.5 Å².